The van der Waals surface area contributed by atoms with Gasteiger partial charge in [0, 0.05) is 24.0 Å². The second-order valence-electron chi connectivity index (χ2n) is 4.83. The molecule has 0 aromatic carbocycles. The minimum absolute atomic E-state index is 0.557. The fourth-order valence-corrected chi connectivity index (χ4v) is 2.45. The lowest BCUT2D eigenvalue weighted by Gasteiger charge is -2.32. The monoisotopic (exact) mass is 207 g/mol. The van der Waals surface area contributed by atoms with Gasteiger partial charge >= 0.3 is 0 Å². The van der Waals surface area contributed by atoms with Gasteiger partial charge in [-0.15, -0.1) is 0 Å². The normalized spacial score (nSPS) is 27.2. The van der Waals surface area contributed by atoms with E-state index in [0.29, 0.717) is 18.0 Å². The van der Waals surface area contributed by atoms with Gasteiger partial charge in [0.05, 0.1) is 6.33 Å². The number of hydrogen-bond acceptors (Lipinski definition) is 2. The molecule has 1 aromatic heterocycles. The number of piperidine rings is 1. The highest BCUT2D eigenvalue weighted by Crippen LogP contribution is 2.26. The van der Waals surface area contributed by atoms with E-state index < -0.39 is 0 Å². The summed E-state index contributed by atoms with van der Waals surface area (Å²) in [6.07, 6.45) is 6.53. The summed E-state index contributed by atoms with van der Waals surface area (Å²) in [4.78, 5) is 4.29. The first-order valence-corrected chi connectivity index (χ1v) is 5.95. The van der Waals surface area contributed by atoms with Crippen molar-refractivity contribution in [2.24, 2.45) is 0 Å². The van der Waals surface area contributed by atoms with E-state index in [9.17, 15) is 0 Å². The first kappa shape index (κ1) is 10.7. The van der Waals surface area contributed by atoms with E-state index in [1.54, 1.807) is 0 Å². The quantitative estimate of drug-likeness (QED) is 0.806. The Morgan fingerprint density at radius 3 is 3.00 bits per heavy atom. The highest BCUT2D eigenvalue weighted by atomic mass is 15.1. The number of nitrogens with zero attached hydrogens (tertiary/aromatic N) is 2. The SMILES string of the molecule is CC(C)c1cncn1C1CCCNC1C. The van der Waals surface area contributed by atoms with Crippen molar-refractivity contribution in [3.63, 3.8) is 0 Å². The van der Waals surface area contributed by atoms with Crippen molar-refractivity contribution in [3.8, 4) is 0 Å². The second-order valence-corrected chi connectivity index (χ2v) is 4.83. The smallest absolute Gasteiger partial charge is 0.0951 e. The molecular weight excluding hydrogens is 186 g/mol. The molecule has 0 bridgehead atoms. The number of aromatic nitrogens is 2. The van der Waals surface area contributed by atoms with Gasteiger partial charge in [0.1, 0.15) is 0 Å². The molecule has 0 aliphatic carbocycles. The third-order valence-electron chi connectivity index (χ3n) is 3.36. The molecule has 84 valence electrons. The molecular formula is C12H21N3. The molecule has 2 heterocycles. The maximum atomic E-state index is 4.29. The summed E-state index contributed by atoms with van der Waals surface area (Å²) in [5.74, 6) is 0.557. The van der Waals surface area contributed by atoms with Gasteiger partial charge in [-0.2, -0.15) is 0 Å². The van der Waals surface area contributed by atoms with Crippen molar-refractivity contribution in [2.75, 3.05) is 6.54 Å². The van der Waals surface area contributed by atoms with Crippen LogP contribution in [0.15, 0.2) is 12.5 Å². The van der Waals surface area contributed by atoms with Crippen LogP contribution < -0.4 is 5.32 Å². The van der Waals surface area contributed by atoms with Crippen molar-refractivity contribution < 1.29 is 0 Å². The van der Waals surface area contributed by atoms with Crippen LogP contribution in [0.4, 0.5) is 0 Å². The Balaban J connectivity index is 2.23. The van der Waals surface area contributed by atoms with E-state index in [0.717, 1.165) is 6.54 Å². The van der Waals surface area contributed by atoms with Crippen LogP contribution in [0, 0.1) is 0 Å². The van der Waals surface area contributed by atoms with Crippen LogP contribution in [0.3, 0.4) is 0 Å². The molecule has 1 N–H and O–H groups in total. The Morgan fingerprint density at radius 2 is 2.33 bits per heavy atom. The van der Waals surface area contributed by atoms with Gasteiger partial charge in [0.2, 0.25) is 0 Å². The predicted molar refractivity (Wildman–Crippen MR) is 62.1 cm³/mol. The average molecular weight is 207 g/mol. The first-order valence-electron chi connectivity index (χ1n) is 5.95. The number of imidazole rings is 1. The molecule has 2 unspecified atom stereocenters. The summed E-state index contributed by atoms with van der Waals surface area (Å²) in [7, 11) is 0. The van der Waals surface area contributed by atoms with Gasteiger partial charge in [0.15, 0.2) is 0 Å². The van der Waals surface area contributed by atoms with E-state index >= 15 is 0 Å². The number of hydrogen-bond donors (Lipinski definition) is 1. The third-order valence-corrected chi connectivity index (χ3v) is 3.36. The third kappa shape index (κ3) is 2.07. The van der Waals surface area contributed by atoms with E-state index in [1.165, 1.54) is 18.5 Å². The Kier molecular flexibility index (Phi) is 3.10. The van der Waals surface area contributed by atoms with Crippen molar-refractivity contribution in [2.45, 2.75) is 51.6 Å². The summed E-state index contributed by atoms with van der Waals surface area (Å²) in [5.41, 5.74) is 1.36. The summed E-state index contributed by atoms with van der Waals surface area (Å²) >= 11 is 0. The van der Waals surface area contributed by atoms with Crippen LogP contribution in [0.25, 0.3) is 0 Å². The Labute approximate surface area is 91.9 Å². The first-order chi connectivity index (χ1) is 7.20. The van der Waals surface area contributed by atoms with Gasteiger partial charge in [-0.1, -0.05) is 13.8 Å². The molecule has 1 fully saturated rings. The predicted octanol–water partition coefficient (Wildman–Crippen LogP) is 2.32. The average Bonchev–Trinajstić information content (AvgIpc) is 2.67. The lowest BCUT2D eigenvalue weighted by atomic mass is 9.98. The Bertz CT molecular complexity index is 316. The van der Waals surface area contributed by atoms with Crippen LogP contribution in [0.5, 0.6) is 0 Å². The van der Waals surface area contributed by atoms with Crippen LogP contribution in [0.2, 0.25) is 0 Å². The molecule has 15 heavy (non-hydrogen) atoms. The standard InChI is InChI=1S/C12H21N3/c1-9(2)12-7-13-8-15(12)11-5-4-6-14-10(11)3/h7-11,14H,4-6H2,1-3H3. The maximum Gasteiger partial charge on any atom is 0.0951 e. The van der Waals surface area contributed by atoms with Gasteiger partial charge in [-0.3, -0.25) is 0 Å². The van der Waals surface area contributed by atoms with Crippen LogP contribution in [-0.4, -0.2) is 22.1 Å². The van der Waals surface area contributed by atoms with Crippen LogP contribution in [0.1, 0.15) is 51.3 Å². The summed E-state index contributed by atoms with van der Waals surface area (Å²) in [6.45, 7) is 7.89. The second kappa shape index (κ2) is 4.35. The van der Waals surface area contributed by atoms with E-state index in [4.69, 9.17) is 0 Å². The molecule has 3 nitrogen and oxygen atoms in total. The summed E-state index contributed by atoms with van der Waals surface area (Å²) in [6, 6.07) is 1.14. The van der Waals surface area contributed by atoms with E-state index in [1.807, 2.05) is 12.5 Å². The Morgan fingerprint density at radius 1 is 1.53 bits per heavy atom. The Hall–Kier alpha value is -0.830. The van der Waals surface area contributed by atoms with Gasteiger partial charge in [-0.25, -0.2) is 4.98 Å². The zero-order valence-electron chi connectivity index (χ0n) is 9.90. The maximum absolute atomic E-state index is 4.29. The molecule has 3 heteroatoms. The molecule has 1 aliphatic heterocycles. The van der Waals surface area contributed by atoms with Crippen LogP contribution >= 0.6 is 0 Å². The topological polar surface area (TPSA) is 29.9 Å². The molecule has 0 radical (unpaired) electrons. The minimum atomic E-state index is 0.557. The van der Waals surface area contributed by atoms with Gasteiger partial charge < -0.3 is 9.88 Å². The highest BCUT2D eigenvalue weighted by molar-refractivity contribution is 5.06. The molecule has 0 amide bonds. The van der Waals surface area contributed by atoms with E-state index in [-0.39, 0.29) is 0 Å². The number of rotatable bonds is 2. The van der Waals surface area contributed by atoms with E-state index in [2.05, 4.69) is 35.6 Å². The zero-order chi connectivity index (χ0) is 10.8. The fraction of sp³-hybridized carbons (Fsp3) is 0.750. The van der Waals surface area contributed by atoms with Crippen molar-refractivity contribution >= 4 is 0 Å². The molecule has 1 aromatic rings. The molecule has 2 atom stereocenters. The molecule has 2 rings (SSSR count). The molecule has 0 saturated carbocycles. The largest absolute Gasteiger partial charge is 0.330 e. The molecule has 0 spiro atoms. The lowest BCUT2D eigenvalue weighted by molar-refractivity contribution is 0.289. The van der Waals surface area contributed by atoms with Crippen molar-refractivity contribution in [1.29, 1.82) is 0 Å². The molecule has 1 aliphatic rings. The highest BCUT2D eigenvalue weighted by Gasteiger charge is 2.24. The zero-order valence-corrected chi connectivity index (χ0v) is 9.90. The van der Waals surface area contributed by atoms with Crippen molar-refractivity contribution in [3.05, 3.63) is 18.2 Å². The summed E-state index contributed by atoms with van der Waals surface area (Å²) < 4.78 is 2.36. The lowest BCUT2D eigenvalue weighted by Crippen LogP contribution is -2.40. The van der Waals surface area contributed by atoms with Gasteiger partial charge in [-0.05, 0) is 32.2 Å². The number of nitrogens with one attached hydrogen (secondary N) is 1. The molecule has 1 saturated heterocycles. The van der Waals surface area contributed by atoms with Crippen molar-refractivity contribution in [1.82, 2.24) is 14.9 Å². The summed E-state index contributed by atoms with van der Waals surface area (Å²) in [5, 5.41) is 3.54. The van der Waals surface area contributed by atoms with Gasteiger partial charge in [0.25, 0.3) is 0 Å². The fourth-order valence-electron chi connectivity index (χ4n) is 2.45. The minimum Gasteiger partial charge on any atom is -0.330 e. The van der Waals surface area contributed by atoms with Crippen LogP contribution in [-0.2, 0) is 0 Å².